The predicted octanol–water partition coefficient (Wildman–Crippen LogP) is 6.97. The number of unbranched alkanes of at least 4 members (excludes halogenated alkanes) is 6. The van der Waals surface area contributed by atoms with E-state index in [1.807, 2.05) is 18.3 Å². The molecule has 0 N–H and O–H groups in total. The van der Waals surface area contributed by atoms with E-state index >= 15 is 0 Å². The van der Waals surface area contributed by atoms with Crippen LogP contribution >= 0.6 is 0 Å². The molecule has 2 rings (SSSR count). The van der Waals surface area contributed by atoms with Crippen molar-refractivity contribution in [2.24, 2.45) is 0 Å². The lowest BCUT2D eigenvalue weighted by Crippen LogP contribution is -1.98. The van der Waals surface area contributed by atoms with Crippen molar-refractivity contribution in [3.8, 4) is 17.0 Å². The molecule has 3 heteroatoms. The second kappa shape index (κ2) is 11.7. The monoisotopic (exact) mass is 357 g/mol. The quantitative estimate of drug-likeness (QED) is 0.383. The van der Waals surface area contributed by atoms with Gasteiger partial charge in [0.15, 0.2) is 0 Å². The van der Waals surface area contributed by atoms with Crippen LogP contribution in [0.15, 0.2) is 36.5 Å². The Kier molecular flexibility index (Phi) is 9.16. The molecule has 0 unspecified atom stereocenters. The molecule has 26 heavy (non-hydrogen) atoms. The third-order valence-corrected chi connectivity index (χ3v) is 4.63. The third kappa shape index (κ3) is 6.78. The van der Waals surface area contributed by atoms with Crippen LogP contribution in [0.1, 0.15) is 70.8 Å². The molecule has 0 aliphatic rings. The van der Waals surface area contributed by atoms with Crippen molar-refractivity contribution in [3.05, 3.63) is 47.9 Å². The van der Waals surface area contributed by atoms with E-state index in [-0.39, 0.29) is 5.82 Å². The Morgan fingerprint density at radius 1 is 0.885 bits per heavy atom. The zero-order valence-corrected chi connectivity index (χ0v) is 16.3. The van der Waals surface area contributed by atoms with Crippen LogP contribution in [0.2, 0.25) is 0 Å². The summed E-state index contributed by atoms with van der Waals surface area (Å²) in [5, 5.41) is 0. The lowest BCUT2D eigenvalue weighted by molar-refractivity contribution is 0.303. The lowest BCUT2D eigenvalue weighted by atomic mass is 10.1. The number of nitrogens with zero attached hydrogens (tertiary/aromatic N) is 1. The summed E-state index contributed by atoms with van der Waals surface area (Å²) >= 11 is 0. The molecule has 142 valence electrons. The highest BCUT2D eigenvalue weighted by atomic mass is 19.1. The Labute approximate surface area is 157 Å². The first-order valence-electron chi connectivity index (χ1n) is 10.1. The molecule has 0 fully saturated rings. The summed E-state index contributed by atoms with van der Waals surface area (Å²) in [6.07, 6.45) is 12.5. The fourth-order valence-electron chi connectivity index (χ4n) is 3.00. The zero-order chi connectivity index (χ0) is 18.6. The smallest absolute Gasteiger partial charge is 0.136 e. The molecule has 0 aliphatic heterocycles. The summed E-state index contributed by atoms with van der Waals surface area (Å²) in [5.41, 5.74) is 2.42. The number of benzene rings is 1. The lowest BCUT2D eigenvalue weighted by Gasteiger charge is -2.09. The summed E-state index contributed by atoms with van der Waals surface area (Å²) in [6.45, 7) is 5.04. The summed E-state index contributed by atoms with van der Waals surface area (Å²) in [6, 6.07) is 9.04. The minimum absolute atomic E-state index is 0.278. The number of hydrogen-bond donors (Lipinski definition) is 0. The van der Waals surface area contributed by atoms with Crippen molar-refractivity contribution in [2.45, 2.75) is 71.6 Å². The molecule has 0 bridgehead atoms. The van der Waals surface area contributed by atoms with E-state index in [1.54, 1.807) is 6.07 Å². The maximum Gasteiger partial charge on any atom is 0.136 e. The molecule has 2 nitrogen and oxygen atoms in total. The number of halogens is 1. The molecular weight excluding hydrogens is 325 g/mol. The van der Waals surface area contributed by atoms with Crippen LogP contribution in [0, 0.1) is 5.82 Å². The van der Waals surface area contributed by atoms with E-state index in [0.29, 0.717) is 23.6 Å². The number of ether oxygens (including phenoxy) is 1. The minimum atomic E-state index is -0.278. The van der Waals surface area contributed by atoms with Gasteiger partial charge in [0.25, 0.3) is 0 Å². The Morgan fingerprint density at radius 3 is 2.31 bits per heavy atom. The van der Waals surface area contributed by atoms with Gasteiger partial charge >= 0.3 is 0 Å². The highest BCUT2D eigenvalue weighted by Gasteiger charge is 2.08. The zero-order valence-electron chi connectivity index (χ0n) is 16.3. The largest absolute Gasteiger partial charge is 0.493 e. The highest BCUT2D eigenvalue weighted by molar-refractivity contribution is 5.61. The van der Waals surface area contributed by atoms with Crippen LogP contribution in [-0.4, -0.2) is 11.6 Å². The van der Waals surface area contributed by atoms with Gasteiger partial charge in [-0.2, -0.15) is 0 Å². The van der Waals surface area contributed by atoms with E-state index in [2.05, 4.69) is 24.9 Å². The van der Waals surface area contributed by atoms with Gasteiger partial charge < -0.3 is 4.74 Å². The maximum absolute atomic E-state index is 14.4. The van der Waals surface area contributed by atoms with Gasteiger partial charge in [0.2, 0.25) is 0 Å². The Hall–Kier alpha value is -1.90. The number of aryl methyl sites for hydroxylation is 1. The second-order valence-electron chi connectivity index (χ2n) is 6.91. The summed E-state index contributed by atoms with van der Waals surface area (Å²) in [5.74, 6) is 0.314. The van der Waals surface area contributed by atoms with Crippen LogP contribution in [0.3, 0.4) is 0 Å². The molecular formula is C23H32FNO. The molecule has 0 spiro atoms. The molecule has 0 amide bonds. The molecule has 2 aromatic rings. The van der Waals surface area contributed by atoms with Crippen LogP contribution < -0.4 is 4.74 Å². The van der Waals surface area contributed by atoms with Crippen molar-refractivity contribution in [3.63, 3.8) is 0 Å². The van der Waals surface area contributed by atoms with Crippen LogP contribution in [0.25, 0.3) is 11.3 Å². The van der Waals surface area contributed by atoms with Crippen LogP contribution in [0.5, 0.6) is 5.75 Å². The standard InChI is InChI=1S/C23H32FNO/c1-3-5-7-9-11-19-12-15-23(25-18-19)21-14-13-20(17-22(21)24)26-16-10-8-6-4-2/h12-15,17-18H,3-11,16H2,1-2H3. The Bertz CT molecular complexity index is 639. The first-order valence-corrected chi connectivity index (χ1v) is 10.1. The van der Waals surface area contributed by atoms with Crippen molar-refractivity contribution in [1.29, 1.82) is 0 Å². The van der Waals surface area contributed by atoms with Gasteiger partial charge in [0.1, 0.15) is 11.6 Å². The molecule has 0 saturated heterocycles. The van der Waals surface area contributed by atoms with Gasteiger partial charge in [-0.1, -0.05) is 58.4 Å². The molecule has 0 saturated carbocycles. The molecule has 0 atom stereocenters. The first-order chi connectivity index (χ1) is 12.7. The third-order valence-electron chi connectivity index (χ3n) is 4.63. The molecule has 0 aliphatic carbocycles. The summed E-state index contributed by atoms with van der Waals surface area (Å²) < 4.78 is 20.1. The summed E-state index contributed by atoms with van der Waals surface area (Å²) in [7, 11) is 0. The average Bonchev–Trinajstić information content (AvgIpc) is 2.66. The van der Waals surface area contributed by atoms with Crippen molar-refractivity contribution < 1.29 is 9.13 Å². The van der Waals surface area contributed by atoms with E-state index in [9.17, 15) is 4.39 Å². The first kappa shape index (κ1) is 20.4. The van der Waals surface area contributed by atoms with E-state index in [1.165, 1.54) is 50.2 Å². The van der Waals surface area contributed by atoms with Crippen molar-refractivity contribution in [2.75, 3.05) is 6.61 Å². The number of hydrogen-bond acceptors (Lipinski definition) is 2. The topological polar surface area (TPSA) is 22.1 Å². The molecule has 1 aromatic carbocycles. The maximum atomic E-state index is 14.4. The van der Waals surface area contributed by atoms with Gasteiger partial charge in [-0.25, -0.2) is 4.39 Å². The Balaban J connectivity index is 1.89. The molecule has 1 aromatic heterocycles. The minimum Gasteiger partial charge on any atom is -0.493 e. The van der Waals surface area contributed by atoms with E-state index < -0.39 is 0 Å². The van der Waals surface area contributed by atoms with Gasteiger partial charge in [-0.15, -0.1) is 0 Å². The van der Waals surface area contributed by atoms with Gasteiger partial charge in [-0.05, 0) is 43.0 Å². The number of aromatic nitrogens is 1. The molecule has 0 radical (unpaired) electrons. The van der Waals surface area contributed by atoms with E-state index in [4.69, 9.17) is 4.74 Å². The average molecular weight is 358 g/mol. The normalized spacial score (nSPS) is 10.9. The SMILES string of the molecule is CCCCCCOc1ccc(-c2ccc(CCCCCC)cn2)c(F)c1. The van der Waals surface area contributed by atoms with E-state index in [0.717, 1.165) is 19.3 Å². The fourth-order valence-corrected chi connectivity index (χ4v) is 3.00. The van der Waals surface area contributed by atoms with Crippen LogP contribution in [-0.2, 0) is 6.42 Å². The van der Waals surface area contributed by atoms with Gasteiger partial charge in [0, 0.05) is 17.8 Å². The van der Waals surface area contributed by atoms with Crippen LogP contribution in [0.4, 0.5) is 4.39 Å². The highest BCUT2D eigenvalue weighted by Crippen LogP contribution is 2.25. The molecule has 1 heterocycles. The predicted molar refractivity (Wildman–Crippen MR) is 107 cm³/mol. The number of pyridine rings is 1. The fraction of sp³-hybridized carbons (Fsp3) is 0.522. The van der Waals surface area contributed by atoms with Crippen molar-refractivity contribution >= 4 is 0 Å². The second-order valence-corrected chi connectivity index (χ2v) is 6.91. The van der Waals surface area contributed by atoms with Crippen molar-refractivity contribution in [1.82, 2.24) is 4.98 Å². The summed E-state index contributed by atoms with van der Waals surface area (Å²) in [4.78, 5) is 4.45. The van der Waals surface area contributed by atoms with Gasteiger partial charge in [0.05, 0.1) is 12.3 Å². The van der Waals surface area contributed by atoms with Gasteiger partial charge in [-0.3, -0.25) is 4.98 Å². The Morgan fingerprint density at radius 2 is 1.65 bits per heavy atom. The number of rotatable bonds is 12.